The van der Waals surface area contributed by atoms with E-state index in [4.69, 9.17) is 5.73 Å². The number of amides is 1. The van der Waals surface area contributed by atoms with Crippen LogP contribution in [0.3, 0.4) is 0 Å². The van der Waals surface area contributed by atoms with E-state index in [1.165, 1.54) is 11.3 Å². The molecule has 1 amide bonds. The van der Waals surface area contributed by atoms with Crippen LogP contribution in [0.2, 0.25) is 0 Å². The SMILES string of the molecule is CCC(CC)(CN)C(=O)Nc1nc2ccccc2s1.Cl. The number of carbonyl (C=O) groups is 1. The van der Waals surface area contributed by atoms with Crippen LogP contribution in [0.1, 0.15) is 26.7 Å². The molecule has 20 heavy (non-hydrogen) atoms. The maximum absolute atomic E-state index is 12.4. The Kier molecular flexibility index (Phi) is 5.92. The topological polar surface area (TPSA) is 68.0 Å². The van der Waals surface area contributed by atoms with Gasteiger partial charge >= 0.3 is 0 Å². The zero-order chi connectivity index (χ0) is 13.9. The average Bonchev–Trinajstić information content (AvgIpc) is 2.83. The van der Waals surface area contributed by atoms with Crippen LogP contribution in [0, 0.1) is 5.41 Å². The highest BCUT2D eigenvalue weighted by Gasteiger charge is 2.33. The van der Waals surface area contributed by atoms with E-state index in [-0.39, 0.29) is 18.3 Å². The Morgan fingerprint density at radius 3 is 2.55 bits per heavy atom. The van der Waals surface area contributed by atoms with Crippen LogP contribution in [0.5, 0.6) is 0 Å². The lowest BCUT2D eigenvalue weighted by Crippen LogP contribution is -2.41. The van der Waals surface area contributed by atoms with Gasteiger partial charge in [0, 0.05) is 6.54 Å². The predicted octanol–water partition coefficient (Wildman–Crippen LogP) is 3.42. The number of para-hydroxylation sites is 1. The van der Waals surface area contributed by atoms with Crippen LogP contribution in [0.25, 0.3) is 10.2 Å². The molecule has 0 aliphatic rings. The molecule has 0 aliphatic heterocycles. The lowest BCUT2D eigenvalue weighted by molar-refractivity contribution is -0.125. The second-order valence-corrected chi connectivity index (χ2v) is 5.66. The highest BCUT2D eigenvalue weighted by Crippen LogP contribution is 2.30. The molecule has 0 spiro atoms. The Labute approximate surface area is 129 Å². The first kappa shape index (κ1) is 16.9. The summed E-state index contributed by atoms with van der Waals surface area (Å²) in [5, 5.41) is 3.56. The number of thiazole rings is 1. The van der Waals surface area contributed by atoms with Gasteiger partial charge in [0.15, 0.2) is 5.13 Å². The molecule has 0 saturated heterocycles. The number of nitrogens with one attached hydrogen (secondary N) is 1. The first-order chi connectivity index (χ1) is 9.15. The third-order valence-electron chi connectivity index (χ3n) is 3.74. The van der Waals surface area contributed by atoms with Crippen LogP contribution in [-0.2, 0) is 4.79 Å². The van der Waals surface area contributed by atoms with Crippen LogP contribution in [0.15, 0.2) is 24.3 Å². The molecule has 0 saturated carbocycles. The number of hydrogen-bond donors (Lipinski definition) is 2. The van der Waals surface area contributed by atoms with Crippen molar-refractivity contribution in [1.82, 2.24) is 4.98 Å². The number of rotatable bonds is 5. The highest BCUT2D eigenvalue weighted by molar-refractivity contribution is 7.22. The highest BCUT2D eigenvalue weighted by atomic mass is 35.5. The number of carbonyl (C=O) groups excluding carboxylic acids is 1. The molecule has 110 valence electrons. The van der Waals surface area contributed by atoms with Crippen LogP contribution < -0.4 is 11.1 Å². The van der Waals surface area contributed by atoms with Gasteiger partial charge in [0.1, 0.15) is 0 Å². The maximum Gasteiger partial charge on any atom is 0.233 e. The van der Waals surface area contributed by atoms with E-state index in [0.717, 1.165) is 23.1 Å². The Morgan fingerprint density at radius 1 is 1.35 bits per heavy atom. The molecule has 1 aromatic heterocycles. The number of hydrogen-bond acceptors (Lipinski definition) is 4. The number of aromatic nitrogens is 1. The average molecular weight is 314 g/mol. The van der Waals surface area contributed by atoms with Crippen molar-refractivity contribution in [2.24, 2.45) is 11.1 Å². The summed E-state index contributed by atoms with van der Waals surface area (Å²) in [6.07, 6.45) is 1.47. The van der Waals surface area contributed by atoms with Gasteiger partial charge in [-0.25, -0.2) is 4.98 Å². The summed E-state index contributed by atoms with van der Waals surface area (Å²) in [5.74, 6) is -0.0287. The molecule has 0 aliphatic carbocycles. The zero-order valence-corrected chi connectivity index (χ0v) is 13.3. The Morgan fingerprint density at radius 2 is 2.00 bits per heavy atom. The second-order valence-electron chi connectivity index (χ2n) is 4.63. The lowest BCUT2D eigenvalue weighted by Gasteiger charge is -2.27. The smallest absolute Gasteiger partial charge is 0.233 e. The van der Waals surface area contributed by atoms with Gasteiger partial charge in [-0.1, -0.05) is 37.3 Å². The summed E-state index contributed by atoms with van der Waals surface area (Å²) in [6, 6.07) is 7.85. The predicted molar refractivity (Wildman–Crippen MR) is 87.6 cm³/mol. The van der Waals surface area contributed by atoms with Gasteiger partial charge in [-0.3, -0.25) is 4.79 Å². The van der Waals surface area contributed by atoms with Crippen molar-refractivity contribution in [2.45, 2.75) is 26.7 Å². The molecular formula is C14H20ClN3OS. The van der Waals surface area contributed by atoms with Crippen molar-refractivity contribution >= 4 is 45.0 Å². The van der Waals surface area contributed by atoms with E-state index in [2.05, 4.69) is 10.3 Å². The molecule has 0 radical (unpaired) electrons. The minimum Gasteiger partial charge on any atom is -0.329 e. The first-order valence-electron chi connectivity index (χ1n) is 6.52. The van der Waals surface area contributed by atoms with E-state index in [1.54, 1.807) is 0 Å². The van der Waals surface area contributed by atoms with Gasteiger partial charge in [-0.2, -0.15) is 0 Å². The third-order valence-corrected chi connectivity index (χ3v) is 4.69. The fourth-order valence-electron chi connectivity index (χ4n) is 2.11. The molecule has 0 bridgehead atoms. The minimum atomic E-state index is -0.488. The first-order valence-corrected chi connectivity index (χ1v) is 7.34. The van der Waals surface area contributed by atoms with Crippen LogP contribution >= 0.6 is 23.7 Å². The maximum atomic E-state index is 12.4. The molecule has 0 fully saturated rings. The number of nitrogens with zero attached hydrogens (tertiary/aromatic N) is 1. The standard InChI is InChI=1S/C14H19N3OS.ClH/c1-3-14(4-2,9-15)12(18)17-13-16-10-7-5-6-8-11(10)19-13;/h5-8H,3-4,9,15H2,1-2H3,(H,16,17,18);1H. The van der Waals surface area contributed by atoms with Crippen molar-refractivity contribution in [3.8, 4) is 0 Å². The normalized spacial score (nSPS) is 11.2. The number of benzene rings is 1. The van der Waals surface area contributed by atoms with Crippen molar-refractivity contribution in [1.29, 1.82) is 0 Å². The lowest BCUT2D eigenvalue weighted by atomic mass is 9.81. The fourth-order valence-corrected chi connectivity index (χ4v) is 2.97. The molecule has 0 unspecified atom stereocenters. The van der Waals surface area contributed by atoms with Crippen molar-refractivity contribution in [3.63, 3.8) is 0 Å². The summed E-state index contributed by atoms with van der Waals surface area (Å²) in [5.41, 5.74) is 6.20. The number of halogens is 1. The van der Waals surface area contributed by atoms with Crippen LogP contribution in [0.4, 0.5) is 5.13 Å². The van der Waals surface area contributed by atoms with Gasteiger partial charge in [0.2, 0.25) is 5.91 Å². The molecular weight excluding hydrogens is 294 g/mol. The summed E-state index contributed by atoms with van der Waals surface area (Å²) in [7, 11) is 0. The Balaban J connectivity index is 0.00000200. The summed E-state index contributed by atoms with van der Waals surface area (Å²) in [6.45, 7) is 4.35. The Bertz CT molecular complexity index is 539. The largest absolute Gasteiger partial charge is 0.329 e. The van der Waals surface area contributed by atoms with Gasteiger partial charge in [0.05, 0.1) is 15.6 Å². The van der Waals surface area contributed by atoms with E-state index < -0.39 is 5.41 Å². The van der Waals surface area contributed by atoms with Gasteiger partial charge < -0.3 is 11.1 Å². The molecule has 2 rings (SSSR count). The molecule has 0 atom stereocenters. The van der Waals surface area contributed by atoms with Crippen molar-refractivity contribution in [3.05, 3.63) is 24.3 Å². The van der Waals surface area contributed by atoms with E-state index in [0.29, 0.717) is 11.7 Å². The molecule has 4 nitrogen and oxygen atoms in total. The van der Waals surface area contributed by atoms with Gasteiger partial charge in [0.25, 0.3) is 0 Å². The summed E-state index contributed by atoms with van der Waals surface area (Å²) >= 11 is 1.49. The van der Waals surface area contributed by atoms with E-state index in [9.17, 15) is 4.79 Å². The third kappa shape index (κ3) is 3.11. The minimum absolute atomic E-state index is 0. The van der Waals surface area contributed by atoms with E-state index >= 15 is 0 Å². The van der Waals surface area contributed by atoms with E-state index in [1.807, 2.05) is 38.1 Å². The molecule has 2 aromatic rings. The Hall–Kier alpha value is -1.17. The summed E-state index contributed by atoms with van der Waals surface area (Å²) < 4.78 is 1.07. The molecule has 1 aromatic carbocycles. The summed E-state index contributed by atoms with van der Waals surface area (Å²) in [4.78, 5) is 16.8. The van der Waals surface area contributed by atoms with Crippen molar-refractivity contribution in [2.75, 3.05) is 11.9 Å². The molecule has 1 heterocycles. The fraction of sp³-hybridized carbons (Fsp3) is 0.429. The molecule has 3 N–H and O–H groups in total. The number of anilines is 1. The number of fused-ring (bicyclic) bond motifs is 1. The second kappa shape index (κ2) is 7.02. The number of nitrogens with two attached hydrogens (primary N) is 1. The van der Waals surface area contributed by atoms with Gasteiger partial charge in [-0.05, 0) is 25.0 Å². The quantitative estimate of drug-likeness (QED) is 0.888. The van der Waals surface area contributed by atoms with Crippen molar-refractivity contribution < 1.29 is 4.79 Å². The van der Waals surface area contributed by atoms with Gasteiger partial charge in [-0.15, -0.1) is 12.4 Å². The monoisotopic (exact) mass is 313 g/mol. The van der Waals surface area contributed by atoms with Crippen LogP contribution in [-0.4, -0.2) is 17.4 Å². The molecule has 6 heteroatoms. The zero-order valence-electron chi connectivity index (χ0n) is 11.7.